The lowest BCUT2D eigenvalue weighted by molar-refractivity contribution is -0.188. The van der Waals surface area contributed by atoms with Gasteiger partial charge in [-0.2, -0.15) is 13.2 Å². The first-order chi connectivity index (χ1) is 8.57. The van der Waals surface area contributed by atoms with Gasteiger partial charge in [0, 0.05) is 0 Å². The fourth-order valence-electron chi connectivity index (χ4n) is 2.65. The maximum Gasteiger partial charge on any atom is 0.419 e. The quantitative estimate of drug-likeness (QED) is 0.597. The summed E-state index contributed by atoms with van der Waals surface area (Å²) in [5, 5.41) is 0. The topological polar surface area (TPSA) is 12.5 Å². The molecule has 1 atom stereocenters. The van der Waals surface area contributed by atoms with Gasteiger partial charge in [-0.3, -0.25) is 0 Å². The van der Waals surface area contributed by atoms with Crippen LogP contribution in [0.25, 0.3) is 0 Å². The number of alkyl halides is 3. The molecule has 1 unspecified atom stereocenters. The third-order valence-corrected chi connectivity index (χ3v) is 3.65. The van der Waals surface area contributed by atoms with Crippen LogP contribution in [0, 0.1) is 12.7 Å². The van der Waals surface area contributed by atoms with Crippen molar-refractivity contribution in [3.05, 3.63) is 35.1 Å². The predicted molar refractivity (Wildman–Crippen MR) is 63.5 cm³/mol. The van der Waals surface area contributed by atoms with Crippen LogP contribution in [-0.2, 0) is 10.2 Å². The first-order valence-electron chi connectivity index (χ1n) is 6.05. The molecule has 1 aliphatic heterocycles. The first-order valence-corrected chi connectivity index (χ1v) is 6.05. The summed E-state index contributed by atoms with van der Waals surface area (Å²) in [7, 11) is 0. The van der Waals surface area contributed by atoms with Crippen molar-refractivity contribution < 1.29 is 22.3 Å². The van der Waals surface area contributed by atoms with E-state index in [0.717, 1.165) is 0 Å². The van der Waals surface area contributed by atoms with Crippen LogP contribution >= 0.6 is 0 Å². The minimum atomic E-state index is -4.36. The van der Waals surface area contributed by atoms with E-state index in [-0.39, 0.29) is 18.8 Å². The second-order valence-electron chi connectivity index (χ2n) is 5.80. The molecule has 106 valence electrons. The molecule has 0 radical (unpaired) electrons. The fraction of sp³-hybridized carbons (Fsp3) is 0.571. The molecule has 0 bridgehead atoms. The van der Waals surface area contributed by atoms with E-state index in [1.54, 1.807) is 26.8 Å². The zero-order valence-electron chi connectivity index (χ0n) is 11.1. The molecule has 0 aliphatic carbocycles. The lowest BCUT2D eigenvalue weighted by Gasteiger charge is -2.31. The van der Waals surface area contributed by atoms with Gasteiger partial charge in [-0.25, -0.2) is 4.39 Å². The average Bonchev–Trinajstić information content (AvgIpc) is 2.96. The van der Waals surface area contributed by atoms with Gasteiger partial charge >= 0.3 is 6.18 Å². The summed E-state index contributed by atoms with van der Waals surface area (Å²) in [5.41, 5.74) is -1.39. The Morgan fingerprint density at radius 2 is 1.84 bits per heavy atom. The van der Waals surface area contributed by atoms with Crippen LogP contribution in [0.4, 0.5) is 17.6 Å². The lowest BCUT2D eigenvalue weighted by Crippen LogP contribution is -2.39. The highest BCUT2D eigenvalue weighted by molar-refractivity contribution is 5.34. The number of epoxide rings is 1. The molecule has 1 nitrogen and oxygen atoms in total. The fourth-order valence-corrected chi connectivity index (χ4v) is 2.65. The van der Waals surface area contributed by atoms with Crippen molar-refractivity contribution in [1.29, 1.82) is 0 Å². The van der Waals surface area contributed by atoms with E-state index in [2.05, 4.69) is 4.74 Å². The molecular weight excluding hydrogens is 260 g/mol. The summed E-state index contributed by atoms with van der Waals surface area (Å²) in [6, 6.07) is 4.17. The van der Waals surface area contributed by atoms with Crippen molar-refractivity contribution in [1.82, 2.24) is 0 Å². The third kappa shape index (κ3) is 2.61. The molecule has 1 aromatic rings. The zero-order valence-corrected chi connectivity index (χ0v) is 11.1. The SMILES string of the molecule is Cc1cc(F)ccc1C(C)(C)CC1(C(F)(F)F)CO1. The Hall–Kier alpha value is -1.10. The Balaban J connectivity index is 2.28. The highest BCUT2D eigenvalue weighted by Gasteiger charge is 2.67. The van der Waals surface area contributed by atoms with Gasteiger partial charge in [-0.15, -0.1) is 0 Å². The Morgan fingerprint density at radius 3 is 2.26 bits per heavy atom. The molecule has 0 N–H and O–H groups in total. The van der Waals surface area contributed by atoms with Crippen LogP contribution in [0.15, 0.2) is 18.2 Å². The molecule has 0 spiro atoms. The second kappa shape index (κ2) is 4.20. The van der Waals surface area contributed by atoms with E-state index in [9.17, 15) is 17.6 Å². The van der Waals surface area contributed by atoms with E-state index < -0.39 is 17.2 Å². The van der Waals surface area contributed by atoms with Gasteiger partial charge < -0.3 is 4.74 Å². The second-order valence-corrected chi connectivity index (χ2v) is 5.80. The van der Waals surface area contributed by atoms with Crippen molar-refractivity contribution in [2.45, 2.75) is 44.4 Å². The van der Waals surface area contributed by atoms with Crippen molar-refractivity contribution in [3.8, 4) is 0 Å². The van der Waals surface area contributed by atoms with E-state index in [1.807, 2.05) is 0 Å². The molecule has 1 aromatic carbocycles. The number of rotatable bonds is 3. The van der Waals surface area contributed by atoms with E-state index >= 15 is 0 Å². The minimum Gasteiger partial charge on any atom is -0.360 e. The summed E-state index contributed by atoms with van der Waals surface area (Å²) in [6.45, 7) is 4.86. The molecule has 0 amide bonds. The van der Waals surface area contributed by atoms with Gasteiger partial charge in [-0.05, 0) is 42.0 Å². The summed E-state index contributed by atoms with van der Waals surface area (Å²) in [4.78, 5) is 0. The zero-order chi connectivity index (χ0) is 14.5. The van der Waals surface area contributed by atoms with Crippen LogP contribution in [-0.4, -0.2) is 18.4 Å². The third-order valence-electron chi connectivity index (χ3n) is 3.65. The number of hydrogen-bond acceptors (Lipinski definition) is 1. The van der Waals surface area contributed by atoms with Gasteiger partial charge in [0.05, 0.1) is 6.61 Å². The maximum atomic E-state index is 13.1. The average molecular weight is 276 g/mol. The number of aryl methyl sites for hydroxylation is 1. The molecule has 0 aromatic heterocycles. The smallest absolute Gasteiger partial charge is 0.360 e. The molecular formula is C14H16F4O. The number of halogens is 4. The molecule has 2 rings (SSSR count). The van der Waals surface area contributed by atoms with E-state index in [0.29, 0.717) is 11.1 Å². The first kappa shape index (κ1) is 14.3. The van der Waals surface area contributed by atoms with E-state index in [4.69, 9.17) is 0 Å². The van der Waals surface area contributed by atoms with Gasteiger partial charge in [0.25, 0.3) is 0 Å². The summed E-state index contributed by atoms with van der Waals surface area (Å²) in [6.07, 6.45) is -4.52. The molecule has 19 heavy (non-hydrogen) atoms. The van der Waals surface area contributed by atoms with Crippen molar-refractivity contribution in [2.75, 3.05) is 6.61 Å². The van der Waals surface area contributed by atoms with Crippen molar-refractivity contribution in [3.63, 3.8) is 0 Å². The Labute approximate surface area is 109 Å². The van der Waals surface area contributed by atoms with Crippen molar-refractivity contribution >= 4 is 0 Å². The molecule has 1 heterocycles. The van der Waals surface area contributed by atoms with Crippen LogP contribution in [0.1, 0.15) is 31.4 Å². The summed E-state index contributed by atoms with van der Waals surface area (Å²) >= 11 is 0. The molecule has 1 saturated heterocycles. The minimum absolute atomic E-state index is 0.157. The summed E-state index contributed by atoms with van der Waals surface area (Å²) < 4.78 is 56.5. The van der Waals surface area contributed by atoms with Gasteiger partial charge in [0.1, 0.15) is 5.82 Å². The van der Waals surface area contributed by atoms with Crippen LogP contribution in [0.2, 0.25) is 0 Å². The molecule has 1 aliphatic rings. The highest BCUT2D eigenvalue weighted by Crippen LogP contribution is 2.51. The predicted octanol–water partition coefficient (Wildman–Crippen LogP) is 4.13. The van der Waals surface area contributed by atoms with Crippen molar-refractivity contribution in [2.24, 2.45) is 0 Å². The molecule has 5 heteroatoms. The molecule has 0 saturated carbocycles. The largest absolute Gasteiger partial charge is 0.419 e. The van der Waals surface area contributed by atoms with Crippen LogP contribution in [0.5, 0.6) is 0 Å². The lowest BCUT2D eigenvalue weighted by atomic mass is 9.75. The van der Waals surface area contributed by atoms with Gasteiger partial charge in [0.15, 0.2) is 5.60 Å². The number of benzene rings is 1. The van der Waals surface area contributed by atoms with Gasteiger partial charge in [0.2, 0.25) is 0 Å². The summed E-state index contributed by atoms with van der Waals surface area (Å²) in [5.74, 6) is -0.384. The number of ether oxygens (including phenoxy) is 1. The monoisotopic (exact) mass is 276 g/mol. The Bertz CT molecular complexity index is 487. The molecule has 1 fully saturated rings. The normalized spacial score (nSPS) is 23.5. The standard InChI is InChI=1S/C14H16F4O/c1-9-6-10(15)4-5-11(9)12(2,3)7-13(8-19-13)14(16,17)18/h4-6H,7-8H2,1-3H3. The number of hydrogen-bond donors (Lipinski definition) is 0. The Morgan fingerprint density at radius 1 is 1.26 bits per heavy atom. The maximum absolute atomic E-state index is 13.1. The van der Waals surface area contributed by atoms with Gasteiger partial charge in [-0.1, -0.05) is 19.9 Å². The Kier molecular flexibility index (Phi) is 3.16. The van der Waals surface area contributed by atoms with Crippen LogP contribution < -0.4 is 0 Å². The van der Waals surface area contributed by atoms with Crippen LogP contribution in [0.3, 0.4) is 0 Å². The highest BCUT2D eigenvalue weighted by atomic mass is 19.4. The van der Waals surface area contributed by atoms with E-state index in [1.165, 1.54) is 12.1 Å².